The highest BCUT2D eigenvalue weighted by atomic mass is 35.9. The Bertz CT molecular complexity index is 500. The van der Waals surface area contributed by atoms with Crippen molar-refractivity contribution in [1.82, 2.24) is 0 Å². The van der Waals surface area contributed by atoms with Crippen molar-refractivity contribution >= 4 is 50.8 Å². The molecule has 0 N–H and O–H groups in total. The van der Waals surface area contributed by atoms with E-state index < -0.39 is 5.97 Å². The van der Waals surface area contributed by atoms with Crippen molar-refractivity contribution in [3.05, 3.63) is 54.6 Å². The van der Waals surface area contributed by atoms with Crippen LogP contribution in [0, 0.1) is 0 Å². The van der Waals surface area contributed by atoms with Crippen LogP contribution in [-0.4, -0.2) is 6.26 Å². The third-order valence-electron chi connectivity index (χ3n) is 2.47. The fourth-order valence-corrected chi connectivity index (χ4v) is 6.10. The molecular weight excluding hydrogens is 290 g/mol. The third kappa shape index (κ3) is 2.80. The lowest BCUT2D eigenvalue weighted by molar-refractivity contribution is 1.53. The summed E-state index contributed by atoms with van der Waals surface area (Å²) in [4.78, 5) is 1.15. The Morgan fingerprint density at radius 1 is 0.882 bits per heavy atom. The lowest BCUT2D eigenvalue weighted by Gasteiger charge is -2.12. The molecule has 0 spiro atoms. The third-order valence-corrected chi connectivity index (χ3v) is 7.62. The van der Waals surface area contributed by atoms with Gasteiger partial charge < -0.3 is 0 Å². The summed E-state index contributed by atoms with van der Waals surface area (Å²) in [6.07, 6.45) is 2.04. The van der Waals surface area contributed by atoms with E-state index in [0.717, 1.165) is 15.5 Å². The summed E-state index contributed by atoms with van der Waals surface area (Å²) in [6, 6.07) is 18.0. The number of rotatable bonds is 3. The summed E-state index contributed by atoms with van der Waals surface area (Å²) in [5.74, 6) is -2.28. The SMILES string of the molecule is CSc1ccccc1[P+](Cl)(Cl)c1ccccc1. The highest BCUT2D eigenvalue weighted by molar-refractivity contribution is 8.26. The molecule has 0 radical (unpaired) electrons. The van der Waals surface area contributed by atoms with Gasteiger partial charge in [-0.15, -0.1) is 11.8 Å². The van der Waals surface area contributed by atoms with E-state index >= 15 is 0 Å². The Morgan fingerprint density at radius 2 is 1.47 bits per heavy atom. The zero-order valence-electron chi connectivity index (χ0n) is 9.31. The van der Waals surface area contributed by atoms with Gasteiger partial charge in [0.2, 0.25) is 0 Å². The minimum atomic E-state index is -2.28. The second-order valence-electron chi connectivity index (χ2n) is 3.52. The van der Waals surface area contributed by atoms with Gasteiger partial charge in [-0.2, -0.15) is 0 Å². The lowest BCUT2D eigenvalue weighted by Crippen LogP contribution is -2.15. The molecule has 2 rings (SSSR count). The van der Waals surface area contributed by atoms with Crippen LogP contribution in [0.25, 0.3) is 0 Å². The summed E-state index contributed by atoms with van der Waals surface area (Å²) in [5.41, 5.74) is 0. The van der Waals surface area contributed by atoms with Gasteiger partial charge in [-0.1, -0.05) is 30.3 Å². The average Bonchev–Trinajstić information content (AvgIpc) is 2.39. The van der Waals surface area contributed by atoms with Crippen LogP contribution in [0.5, 0.6) is 0 Å². The molecule has 0 bridgehead atoms. The van der Waals surface area contributed by atoms with Gasteiger partial charge in [0.05, 0.1) is 4.90 Å². The Labute approximate surface area is 116 Å². The Hall–Kier alpha value is -0.200. The van der Waals surface area contributed by atoms with E-state index in [0.29, 0.717) is 0 Å². The zero-order valence-corrected chi connectivity index (χ0v) is 12.5. The van der Waals surface area contributed by atoms with Crippen LogP contribution >= 0.6 is 40.2 Å². The van der Waals surface area contributed by atoms with Gasteiger partial charge in [-0.3, -0.25) is 0 Å². The summed E-state index contributed by atoms with van der Waals surface area (Å²) in [5, 5.41) is 2.05. The molecule has 2 aromatic rings. The van der Waals surface area contributed by atoms with Gasteiger partial charge in [0.1, 0.15) is 33.1 Å². The van der Waals surface area contributed by atoms with Crippen LogP contribution in [0.3, 0.4) is 0 Å². The van der Waals surface area contributed by atoms with E-state index in [2.05, 4.69) is 6.07 Å². The van der Waals surface area contributed by atoms with Crippen molar-refractivity contribution in [3.8, 4) is 0 Å². The molecule has 2 aromatic carbocycles. The molecule has 4 heteroatoms. The lowest BCUT2D eigenvalue weighted by atomic mass is 10.4. The number of benzene rings is 2. The van der Waals surface area contributed by atoms with E-state index in [4.69, 9.17) is 22.5 Å². The van der Waals surface area contributed by atoms with Crippen molar-refractivity contribution in [2.75, 3.05) is 6.26 Å². The molecule has 0 heterocycles. The maximum absolute atomic E-state index is 6.63. The van der Waals surface area contributed by atoms with E-state index in [1.807, 2.05) is 54.8 Å². The van der Waals surface area contributed by atoms with Gasteiger partial charge in [0.25, 0.3) is 5.97 Å². The topological polar surface area (TPSA) is 0 Å². The molecule has 0 atom stereocenters. The minimum Gasteiger partial charge on any atom is -0.125 e. The molecule has 0 saturated heterocycles. The first kappa shape index (κ1) is 13.2. The van der Waals surface area contributed by atoms with Crippen LogP contribution in [0.4, 0.5) is 0 Å². The number of hydrogen-bond acceptors (Lipinski definition) is 1. The van der Waals surface area contributed by atoms with Crippen LogP contribution in [0.15, 0.2) is 59.5 Å². The van der Waals surface area contributed by atoms with Crippen LogP contribution in [0.1, 0.15) is 0 Å². The normalized spacial score (nSPS) is 11.5. The molecular formula is C13H12Cl2PS+. The Kier molecular flexibility index (Phi) is 4.38. The maximum Gasteiger partial charge on any atom is 0.276 e. The number of halogens is 2. The van der Waals surface area contributed by atoms with E-state index in [1.54, 1.807) is 11.8 Å². The minimum absolute atomic E-state index is 1.00. The standard InChI is InChI=1S/C13H12Cl2PS/c1-17-13-10-6-5-9-12(13)16(14,15)11-7-3-2-4-8-11/h2-10H,1H3/q+1. The summed E-state index contributed by atoms with van der Waals surface area (Å²) >= 11 is 14.9. The van der Waals surface area contributed by atoms with Crippen molar-refractivity contribution < 1.29 is 0 Å². The highest BCUT2D eigenvalue weighted by Crippen LogP contribution is 2.67. The molecule has 0 aliphatic heterocycles. The van der Waals surface area contributed by atoms with Gasteiger partial charge >= 0.3 is 0 Å². The maximum atomic E-state index is 6.63. The summed E-state index contributed by atoms with van der Waals surface area (Å²) < 4.78 is 0. The second kappa shape index (κ2) is 5.63. The Morgan fingerprint density at radius 3 is 2.12 bits per heavy atom. The van der Waals surface area contributed by atoms with Crippen LogP contribution < -0.4 is 10.6 Å². The van der Waals surface area contributed by atoms with Crippen LogP contribution in [-0.2, 0) is 0 Å². The first-order valence-electron chi connectivity index (χ1n) is 5.14. The molecule has 0 amide bonds. The fourth-order valence-electron chi connectivity index (χ4n) is 1.62. The van der Waals surface area contributed by atoms with E-state index in [-0.39, 0.29) is 0 Å². The predicted molar refractivity (Wildman–Crippen MR) is 82.6 cm³/mol. The fraction of sp³-hybridized carbons (Fsp3) is 0.0769. The quantitative estimate of drug-likeness (QED) is 0.586. The molecule has 0 nitrogen and oxygen atoms in total. The summed E-state index contributed by atoms with van der Waals surface area (Å²) in [7, 11) is 0. The monoisotopic (exact) mass is 301 g/mol. The summed E-state index contributed by atoms with van der Waals surface area (Å²) in [6.45, 7) is 0. The van der Waals surface area contributed by atoms with E-state index in [1.165, 1.54) is 0 Å². The largest absolute Gasteiger partial charge is 0.276 e. The molecule has 0 saturated carbocycles. The number of hydrogen-bond donors (Lipinski definition) is 0. The Balaban J connectivity index is 2.51. The first-order chi connectivity index (χ1) is 8.16. The first-order valence-corrected chi connectivity index (χ1v) is 9.96. The van der Waals surface area contributed by atoms with Gasteiger partial charge in [-0.25, -0.2) is 0 Å². The molecule has 0 aromatic heterocycles. The molecule has 0 aliphatic carbocycles. The van der Waals surface area contributed by atoms with Crippen molar-refractivity contribution in [2.45, 2.75) is 4.90 Å². The highest BCUT2D eigenvalue weighted by Gasteiger charge is 2.42. The smallest absolute Gasteiger partial charge is 0.125 e. The van der Waals surface area contributed by atoms with Gasteiger partial charge in [0, 0.05) is 0 Å². The van der Waals surface area contributed by atoms with Crippen molar-refractivity contribution in [1.29, 1.82) is 0 Å². The van der Waals surface area contributed by atoms with Gasteiger partial charge in [0.15, 0.2) is 0 Å². The molecule has 17 heavy (non-hydrogen) atoms. The van der Waals surface area contributed by atoms with Crippen molar-refractivity contribution in [3.63, 3.8) is 0 Å². The molecule has 0 aliphatic rings. The molecule has 0 fully saturated rings. The van der Waals surface area contributed by atoms with Crippen LogP contribution in [0.2, 0.25) is 0 Å². The number of thioether (sulfide) groups is 1. The van der Waals surface area contributed by atoms with E-state index in [9.17, 15) is 0 Å². The van der Waals surface area contributed by atoms with Crippen molar-refractivity contribution in [2.24, 2.45) is 0 Å². The zero-order chi connectivity index (χ0) is 12.3. The van der Waals surface area contributed by atoms with Gasteiger partial charge in [-0.05, 0) is 30.5 Å². The average molecular weight is 302 g/mol. The second-order valence-corrected chi connectivity index (χ2v) is 9.96. The molecule has 0 unspecified atom stereocenters. The predicted octanol–water partition coefficient (Wildman–Crippen LogP) is 4.68. The molecule has 88 valence electrons.